The zero-order chi connectivity index (χ0) is 33.1. The Hall–Kier alpha value is -2.81. The molecule has 2 atom stereocenters. The minimum atomic E-state index is -3.19. The van der Waals surface area contributed by atoms with Crippen LogP contribution in [0.25, 0.3) is 10.9 Å². The predicted molar refractivity (Wildman–Crippen MR) is 189 cm³/mol. The molecule has 7 nitrogen and oxygen atoms in total. The van der Waals surface area contributed by atoms with Gasteiger partial charge in [0.2, 0.25) is 10.0 Å². The molecule has 3 aromatic rings. The Labute approximate surface area is 277 Å². The summed E-state index contributed by atoms with van der Waals surface area (Å²) < 4.78 is 33.0. The second kappa shape index (κ2) is 14.5. The van der Waals surface area contributed by atoms with E-state index in [1.165, 1.54) is 36.0 Å². The lowest BCUT2D eigenvalue weighted by molar-refractivity contribution is 0.0107. The lowest BCUT2D eigenvalue weighted by Crippen LogP contribution is -2.45. The molecule has 3 aliphatic rings. The maximum absolute atomic E-state index is 12.5. The molecule has 0 radical (unpaired) electrons. The average molecular weight is 650 g/mol. The van der Waals surface area contributed by atoms with E-state index in [0.717, 1.165) is 72.8 Å². The number of hydrogen-bond donors (Lipinski definition) is 2. The number of nitrogens with zero attached hydrogens (tertiary/aromatic N) is 2. The molecule has 0 saturated carbocycles. The van der Waals surface area contributed by atoms with Crippen molar-refractivity contribution in [1.29, 1.82) is 0 Å². The number of aryl methyl sites for hydroxylation is 1. The fourth-order valence-electron chi connectivity index (χ4n) is 7.44. The van der Waals surface area contributed by atoms with Crippen molar-refractivity contribution in [3.8, 4) is 11.5 Å². The fraction of sp³-hybridized carbons (Fsp3) is 0.579. The first-order valence-corrected chi connectivity index (χ1v) is 18.9. The third kappa shape index (κ3) is 8.00. The molecular weight excluding hydrogens is 595 g/mol. The Bertz CT molecular complexity index is 1630. The zero-order valence-electron chi connectivity index (χ0n) is 28.9. The Morgan fingerprint density at radius 1 is 1.07 bits per heavy atom. The number of hydrogen-bond acceptors (Lipinski definition) is 5. The highest BCUT2D eigenvalue weighted by molar-refractivity contribution is 7.88. The van der Waals surface area contributed by atoms with E-state index in [4.69, 9.17) is 4.74 Å². The SMILES string of the molecule is CCCCCc1cc(O)c2c(c1)OC(C)(C)[C@@H]1CCC(C)=C[C@@H]21.CN(C)CCc1c[nH]c2ccc(CS(=O)(=O)N3CCCC3)cc12. The summed E-state index contributed by atoms with van der Waals surface area (Å²) in [7, 11) is 0.928. The van der Waals surface area contributed by atoms with Crippen LogP contribution in [0.15, 0.2) is 48.2 Å². The largest absolute Gasteiger partial charge is 0.507 e. The Balaban J connectivity index is 0.000000181. The quantitative estimate of drug-likeness (QED) is 0.172. The van der Waals surface area contributed by atoms with Gasteiger partial charge in [0.05, 0.1) is 5.75 Å². The number of sulfonamides is 1. The summed E-state index contributed by atoms with van der Waals surface area (Å²) in [5, 5.41) is 11.8. The van der Waals surface area contributed by atoms with Crippen molar-refractivity contribution in [1.82, 2.24) is 14.2 Å². The fourth-order valence-corrected chi connectivity index (χ4v) is 9.04. The van der Waals surface area contributed by atoms with Crippen LogP contribution in [0.5, 0.6) is 11.5 Å². The van der Waals surface area contributed by atoms with Crippen molar-refractivity contribution in [3.05, 3.63) is 70.4 Å². The van der Waals surface area contributed by atoms with Gasteiger partial charge in [0, 0.05) is 54.1 Å². The minimum Gasteiger partial charge on any atom is -0.507 e. The van der Waals surface area contributed by atoms with E-state index in [9.17, 15) is 13.5 Å². The van der Waals surface area contributed by atoms with Gasteiger partial charge in [-0.25, -0.2) is 12.7 Å². The molecule has 2 N–H and O–H groups in total. The molecule has 1 aliphatic carbocycles. The number of nitrogens with one attached hydrogen (secondary N) is 1. The van der Waals surface area contributed by atoms with Gasteiger partial charge in [0.1, 0.15) is 17.1 Å². The van der Waals surface area contributed by atoms with Gasteiger partial charge >= 0.3 is 0 Å². The number of benzene rings is 2. The monoisotopic (exact) mass is 649 g/mol. The first-order chi connectivity index (χ1) is 21.9. The number of allylic oxidation sites excluding steroid dienone is 2. The summed E-state index contributed by atoms with van der Waals surface area (Å²) in [6.45, 7) is 11.1. The second-order valence-corrected chi connectivity index (χ2v) is 16.5. The summed E-state index contributed by atoms with van der Waals surface area (Å²) in [6.07, 6.45) is 14.2. The molecule has 3 heterocycles. The Morgan fingerprint density at radius 2 is 1.83 bits per heavy atom. The second-order valence-electron chi connectivity index (χ2n) is 14.5. The normalized spacial score (nSPS) is 20.9. The summed E-state index contributed by atoms with van der Waals surface area (Å²) in [5.41, 5.74) is 6.64. The van der Waals surface area contributed by atoms with Crippen molar-refractivity contribution >= 4 is 20.9 Å². The number of aromatic nitrogens is 1. The minimum absolute atomic E-state index is 0.0985. The van der Waals surface area contributed by atoms with Crippen LogP contribution < -0.4 is 4.74 Å². The standard InChI is InChI=1S/C21H30O2.C17H25N3O2S/c1-5-6-7-8-15-12-18(22)20-16-11-14(2)9-10-17(16)21(3,4)23-19(20)13-15;1-19(2)10-7-15-12-18-17-6-5-14(11-16(15)17)13-23(21,22)20-8-3-4-9-20/h11-13,16-17,22H,5-10H2,1-4H3;5-6,11-12,18H,3-4,7-10,13H2,1-2H3/t16-,17-;/m1./s1. The molecule has 6 rings (SSSR count). The summed E-state index contributed by atoms with van der Waals surface area (Å²) in [4.78, 5) is 5.43. The lowest BCUT2D eigenvalue weighted by Gasteiger charge is -2.46. The number of H-pyrrole nitrogens is 1. The van der Waals surface area contributed by atoms with Crippen LogP contribution in [-0.2, 0) is 28.6 Å². The molecule has 0 unspecified atom stereocenters. The van der Waals surface area contributed by atoms with Gasteiger partial charge < -0.3 is 19.7 Å². The number of fused-ring (bicyclic) bond motifs is 4. The smallest absolute Gasteiger partial charge is 0.218 e. The van der Waals surface area contributed by atoms with Crippen LogP contribution in [0.3, 0.4) is 0 Å². The predicted octanol–water partition coefficient (Wildman–Crippen LogP) is 7.93. The van der Waals surface area contributed by atoms with Crippen LogP contribution in [0, 0.1) is 5.92 Å². The van der Waals surface area contributed by atoms with Gasteiger partial charge in [-0.3, -0.25) is 0 Å². The molecule has 1 saturated heterocycles. The third-order valence-electron chi connectivity index (χ3n) is 10.1. The lowest BCUT2D eigenvalue weighted by atomic mass is 9.68. The van der Waals surface area contributed by atoms with Gasteiger partial charge in [0.15, 0.2) is 0 Å². The highest BCUT2D eigenvalue weighted by Gasteiger charge is 2.45. The Kier molecular flexibility index (Phi) is 10.9. The maximum Gasteiger partial charge on any atom is 0.218 e. The molecular formula is C38H55N3O4S. The number of phenolic OH excluding ortho intramolecular Hbond substituents is 1. The van der Waals surface area contributed by atoms with Gasteiger partial charge in [-0.1, -0.05) is 37.5 Å². The molecule has 2 aromatic carbocycles. The van der Waals surface area contributed by atoms with Gasteiger partial charge in [-0.05, 0) is 121 Å². The van der Waals surface area contributed by atoms with E-state index in [0.29, 0.717) is 24.8 Å². The first kappa shape index (κ1) is 34.5. The average Bonchev–Trinajstić information content (AvgIpc) is 3.67. The van der Waals surface area contributed by atoms with Gasteiger partial charge in [-0.2, -0.15) is 0 Å². The van der Waals surface area contributed by atoms with E-state index in [-0.39, 0.29) is 17.3 Å². The van der Waals surface area contributed by atoms with Gasteiger partial charge in [-0.15, -0.1) is 0 Å². The third-order valence-corrected chi connectivity index (χ3v) is 11.9. The van der Waals surface area contributed by atoms with Crippen molar-refractivity contribution in [2.75, 3.05) is 33.7 Å². The van der Waals surface area contributed by atoms with Crippen LogP contribution in [0.2, 0.25) is 0 Å². The molecule has 0 amide bonds. The van der Waals surface area contributed by atoms with Crippen molar-refractivity contribution in [3.63, 3.8) is 0 Å². The van der Waals surface area contributed by atoms with E-state index in [1.54, 1.807) is 4.31 Å². The molecule has 46 heavy (non-hydrogen) atoms. The number of ether oxygens (including phenoxy) is 1. The topological polar surface area (TPSA) is 85.9 Å². The number of likely N-dealkylation sites (N-methyl/N-ethyl adjacent to an activating group) is 1. The molecule has 2 aliphatic heterocycles. The van der Waals surface area contributed by atoms with Crippen molar-refractivity contribution in [2.45, 2.75) is 103 Å². The molecule has 0 bridgehead atoms. The molecule has 0 spiro atoms. The number of aromatic hydroxyl groups is 1. The van der Waals surface area contributed by atoms with Crippen LogP contribution in [0.4, 0.5) is 0 Å². The number of aromatic amines is 1. The Morgan fingerprint density at radius 3 is 2.54 bits per heavy atom. The van der Waals surface area contributed by atoms with E-state index in [2.05, 4.69) is 63.8 Å². The van der Waals surface area contributed by atoms with Crippen molar-refractivity contribution < 1.29 is 18.3 Å². The highest BCUT2D eigenvalue weighted by atomic mass is 32.2. The number of unbranched alkanes of at least 4 members (excludes halogenated alkanes) is 2. The molecule has 8 heteroatoms. The number of phenols is 1. The maximum atomic E-state index is 12.5. The van der Waals surface area contributed by atoms with Crippen LogP contribution in [-0.4, -0.2) is 67.0 Å². The van der Waals surface area contributed by atoms with E-state index < -0.39 is 10.0 Å². The van der Waals surface area contributed by atoms with Crippen LogP contribution >= 0.6 is 0 Å². The zero-order valence-corrected chi connectivity index (χ0v) is 29.7. The summed E-state index contributed by atoms with van der Waals surface area (Å²) in [5.74, 6) is 2.14. The van der Waals surface area contributed by atoms with E-state index in [1.807, 2.05) is 30.5 Å². The molecule has 1 fully saturated rings. The van der Waals surface area contributed by atoms with E-state index >= 15 is 0 Å². The summed E-state index contributed by atoms with van der Waals surface area (Å²) in [6, 6.07) is 10.1. The van der Waals surface area contributed by atoms with Gasteiger partial charge in [0.25, 0.3) is 0 Å². The highest BCUT2D eigenvalue weighted by Crippen LogP contribution is 2.53. The summed E-state index contributed by atoms with van der Waals surface area (Å²) >= 11 is 0. The first-order valence-electron chi connectivity index (χ1n) is 17.3. The van der Waals surface area contributed by atoms with Crippen molar-refractivity contribution in [2.24, 2.45) is 5.92 Å². The number of rotatable bonds is 10. The molecule has 1 aromatic heterocycles. The molecule has 252 valence electrons. The van der Waals surface area contributed by atoms with Crippen LogP contribution in [0.1, 0.15) is 101 Å².